The van der Waals surface area contributed by atoms with Crippen LogP contribution in [0.1, 0.15) is 166 Å². The molecular formula is C69H82FN13O9. The van der Waals surface area contributed by atoms with Gasteiger partial charge in [-0.3, -0.25) is 53.4 Å². The molecule has 0 unspecified atom stereocenters. The molecule has 9 amide bonds. The maximum Gasteiger partial charge on any atom is 0.264 e. The number of halogens is 1. The number of nitrogens with zero attached hydrogens (tertiary/aromatic N) is 9. The van der Waals surface area contributed by atoms with Gasteiger partial charge in [-0.25, -0.2) is 14.4 Å². The van der Waals surface area contributed by atoms with Gasteiger partial charge >= 0.3 is 0 Å². The number of pyridine rings is 1. The monoisotopic (exact) mass is 1260 g/mol. The van der Waals surface area contributed by atoms with Gasteiger partial charge in [0, 0.05) is 105 Å². The summed E-state index contributed by atoms with van der Waals surface area (Å²) in [5.74, 6) is -3.06. The van der Waals surface area contributed by atoms with Gasteiger partial charge in [0.15, 0.2) is 5.82 Å². The van der Waals surface area contributed by atoms with Crippen LogP contribution < -0.4 is 26.2 Å². The second-order valence-corrected chi connectivity index (χ2v) is 27.3. The summed E-state index contributed by atoms with van der Waals surface area (Å²) >= 11 is 0. The standard InChI is InChI=1S/C69H82FN13O9/c1-39(2)73-63(87)48-35-53(50(70)30-41(48)5)75-62-61-54(72-38-81(61)40(3)4)36-52(74-62)44-12-13-49-56(32-44)82(46-33-45(34-46)77-22-7-6-8-23-77)68(92)69(49)20-28-79(29-21-69)58(85)31-42-16-24-80(25-17-42)65(89)43-18-26-78(27-19-43)59(86)37-71-51-11-9-10-47-60(51)67(91)83(66(47)90)55-14-15-57(84)76-64(55)88/h9-13,30,32,35-36,38-40,42-43,45-46,55,71H,6-8,14-29,31,33-34,37H2,1-5H3,(H,73,87)(H,74,75)(H,76,84,88)/t45?,46?,55-/m1/s1. The summed E-state index contributed by atoms with van der Waals surface area (Å²) in [6.45, 7) is 14.3. The van der Waals surface area contributed by atoms with Gasteiger partial charge in [0.25, 0.3) is 17.7 Å². The smallest absolute Gasteiger partial charge is 0.264 e. The zero-order chi connectivity index (χ0) is 64.4. The number of hydrogen-bond donors (Lipinski definition) is 4. The lowest BCUT2D eigenvalue weighted by atomic mass is 9.73. The lowest BCUT2D eigenvalue weighted by Gasteiger charge is -2.48. The number of hydrogen-bond acceptors (Lipinski definition) is 14. The Hall–Kier alpha value is -8.60. The van der Waals surface area contributed by atoms with Gasteiger partial charge in [0.1, 0.15) is 17.4 Å². The van der Waals surface area contributed by atoms with Gasteiger partial charge in [-0.15, -0.1) is 0 Å². The topological polar surface area (TPSA) is 252 Å². The molecule has 0 bridgehead atoms. The largest absolute Gasteiger partial charge is 0.375 e. The highest BCUT2D eigenvalue weighted by atomic mass is 19.1. The highest BCUT2D eigenvalue weighted by Gasteiger charge is 2.56. The Bertz CT molecular complexity index is 3830. The summed E-state index contributed by atoms with van der Waals surface area (Å²) in [6.07, 6.45) is 10.9. The van der Waals surface area contributed by atoms with Crippen LogP contribution in [0.2, 0.25) is 0 Å². The third-order valence-electron chi connectivity index (χ3n) is 20.9. The number of rotatable bonds is 15. The number of piperidine rings is 5. The van der Waals surface area contributed by atoms with Gasteiger partial charge in [-0.05, 0) is 172 Å². The molecule has 484 valence electrons. The summed E-state index contributed by atoms with van der Waals surface area (Å²) < 4.78 is 18.0. The van der Waals surface area contributed by atoms with Crippen LogP contribution in [0.15, 0.2) is 60.9 Å². The van der Waals surface area contributed by atoms with Crippen LogP contribution in [-0.2, 0) is 34.2 Å². The van der Waals surface area contributed by atoms with E-state index in [-0.39, 0.29) is 95.7 Å². The van der Waals surface area contributed by atoms with E-state index in [1.807, 2.05) is 54.2 Å². The average molecular weight is 1260 g/mol. The Morgan fingerprint density at radius 3 is 2.17 bits per heavy atom. The van der Waals surface area contributed by atoms with Crippen LogP contribution >= 0.6 is 0 Å². The van der Waals surface area contributed by atoms with E-state index in [0.717, 1.165) is 47.6 Å². The number of imide groups is 2. The molecule has 8 aliphatic rings. The molecular weight excluding hydrogens is 1170 g/mol. The van der Waals surface area contributed by atoms with Gasteiger partial charge in [-0.1, -0.05) is 24.6 Å². The molecule has 1 spiro atoms. The van der Waals surface area contributed by atoms with Gasteiger partial charge in [-0.2, -0.15) is 0 Å². The first-order valence-corrected chi connectivity index (χ1v) is 33.2. The number of nitrogens with one attached hydrogen (secondary N) is 4. The van der Waals surface area contributed by atoms with Crippen molar-refractivity contribution in [3.05, 3.63) is 94.6 Å². The zero-order valence-electron chi connectivity index (χ0n) is 53.2. The Morgan fingerprint density at radius 1 is 0.750 bits per heavy atom. The normalized spacial score (nSPS) is 22.2. The first-order chi connectivity index (χ1) is 44.2. The van der Waals surface area contributed by atoms with Crippen molar-refractivity contribution < 1.29 is 47.5 Å². The van der Waals surface area contributed by atoms with Gasteiger partial charge < -0.3 is 45.0 Å². The third kappa shape index (κ3) is 11.6. The fourth-order valence-corrected chi connectivity index (χ4v) is 15.6. The van der Waals surface area contributed by atoms with Crippen molar-refractivity contribution in [2.75, 3.05) is 74.4 Å². The summed E-state index contributed by atoms with van der Waals surface area (Å²) in [6, 6.07) is 14.9. The van der Waals surface area contributed by atoms with Gasteiger partial charge in [0.2, 0.25) is 35.4 Å². The van der Waals surface area contributed by atoms with E-state index in [1.54, 1.807) is 30.3 Å². The fraction of sp³-hybridized carbons (Fsp3) is 0.522. The van der Waals surface area contributed by atoms with Crippen molar-refractivity contribution in [1.82, 2.24) is 49.7 Å². The van der Waals surface area contributed by atoms with Crippen molar-refractivity contribution in [3.8, 4) is 11.3 Å². The Labute approximate surface area is 534 Å². The van der Waals surface area contributed by atoms with E-state index >= 15 is 9.18 Å². The molecule has 7 aliphatic heterocycles. The minimum absolute atomic E-state index is 0.00140. The maximum absolute atomic E-state index is 16.0. The van der Waals surface area contributed by atoms with Crippen molar-refractivity contribution in [1.29, 1.82) is 0 Å². The molecule has 4 N–H and O–H groups in total. The molecule has 1 saturated carbocycles. The average Bonchev–Trinajstić information content (AvgIpc) is 1.56. The quantitative estimate of drug-likeness (QED) is 0.0737. The number of amides is 9. The second-order valence-electron chi connectivity index (χ2n) is 27.3. The molecule has 5 aromatic rings. The maximum atomic E-state index is 16.0. The minimum Gasteiger partial charge on any atom is -0.375 e. The number of benzene rings is 3. The number of anilines is 4. The Morgan fingerprint density at radius 2 is 1.47 bits per heavy atom. The predicted octanol–water partition coefficient (Wildman–Crippen LogP) is 7.61. The number of imidazole rings is 1. The van der Waals surface area contributed by atoms with Crippen LogP contribution in [0.25, 0.3) is 22.3 Å². The first-order valence-electron chi connectivity index (χ1n) is 33.2. The van der Waals surface area contributed by atoms with E-state index in [4.69, 9.17) is 9.97 Å². The molecule has 9 heterocycles. The van der Waals surface area contributed by atoms with Crippen LogP contribution in [0.5, 0.6) is 0 Å². The van der Waals surface area contributed by atoms with Crippen molar-refractivity contribution >= 4 is 87.1 Å². The highest BCUT2D eigenvalue weighted by Crippen LogP contribution is 2.53. The zero-order valence-corrected chi connectivity index (χ0v) is 53.2. The molecule has 3 aromatic carbocycles. The molecule has 5 saturated heterocycles. The van der Waals surface area contributed by atoms with E-state index in [9.17, 15) is 38.4 Å². The van der Waals surface area contributed by atoms with E-state index in [1.165, 1.54) is 37.5 Å². The van der Waals surface area contributed by atoms with Crippen LogP contribution in [0.3, 0.4) is 0 Å². The van der Waals surface area contributed by atoms with E-state index in [2.05, 4.69) is 43.2 Å². The summed E-state index contributed by atoms with van der Waals surface area (Å²) in [4.78, 5) is 143. The molecule has 92 heavy (non-hydrogen) atoms. The van der Waals surface area contributed by atoms with E-state index < -0.39 is 40.9 Å². The molecule has 23 heteroatoms. The summed E-state index contributed by atoms with van der Waals surface area (Å²) in [5.41, 5.74) is 5.16. The molecule has 13 rings (SSSR count). The fourth-order valence-electron chi connectivity index (χ4n) is 15.6. The minimum atomic E-state index is -1.11. The molecule has 6 fully saturated rings. The Balaban J connectivity index is 0.639. The lowest BCUT2D eigenvalue weighted by Crippen LogP contribution is -2.58. The molecule has 2 aromatic heterocycles. The molecule has 1 aliphatic carbocycles. The van der Waals surface area contributed by atoms with Crippen molar-refractivity contribution in [2.24, 2.45) is 11.8 Å². The van der Waals surface area contributed by atoms with Crippen LogP contribution in [0.4, 0.5) is 27.3 Å². The highest BCUT2D eigenvalue weighted by molar-refractivity contribution is 6.25. The summed E-state index contributed by atoms with van der Waals surface area (Å²) in [5, 5.41) is 11.4. The van der Waals surface area contributed by atoms with Crippen molar-refractivity contribution in [3.63, 3.8) is 0 Å². The molecule has 22 nitrogen and oxygen atoms in total. The SMILES string of the molecule is Cc1cc(F)c(Nc2nc(-c3ccc4c(c3)N(C3CC(N5CCCCC5)C3)C(=O)C43CCN(C(=O)CC4CCN(C(=O)C5CCN(C(=O)CNc6cccc7c6C(=O)N([C@@H]6CCC(=O)NC6=O)C7=O)CC5)CC4)CC3)cc3ncn(C(C)C)c23)cc1C(=O)NC(C)C. The third-order valence-corrected chi connectivity index (χ3v) is 20.9. The molecule has 0 radical (unpaired) electrons. The predicted molar refractivity (Wildman–Crippen MR) is 342 cm³/mol. The van der Waals surface area contributed by atoms with Crippen molar-refractivity contribution in [2.45, 2.75) is 160 Å². The number of carbonyl (C=O) groups excluding carboxylic acids is 9. The van der Waals surface area contributed by atoms with Crippen LogP contribution in [-0.4, -0.2) is 175 Å². The summed E-state index contributed by atoms with van der Waals surface area (Å²) in [7, 11) is 0. The van der Waals surface area contributed by atoms with Gasteiger partial charge in [0.05, 0.1) is 46.3 Å². The van der Waals surface area contributed by atoms with E-state index in [0.29, 0.717) is 130 Å². The Kier molecular flexibility index (Phi) is 17.0. The number of likely N-dealkylation sites (tertiary alicyclic amines) is 4. The number of aromatic nitrogens is 3. The molecule has 1 atom stereocenters. The number of carbonyl (C=O) groups is 9. The number of aryl methyl sites for hydroxylation is 1. The second kappa shape index (κ2) is 25.1. The first kappa shape index (κ1) is 62.2. The van der Waals surface area contributed by atoms with Crippen LogP contribution in [0, 0.1) is 24.6 Å². The number of fused-ring (bicyclic) bond motifs is 4. The lowest BCUT2D eigenvalue weighted by molar-refractivity contribution is -0.142.